The number of carbonyl (C=O) groups is 1. The molecule has 0 radical (unpaired) electrons. The highest BCUT2D eigenvalue weighted by Gasteiger charge is 2.23. The Bertz CT molecular complexity index is 939. The lowest BCUT2D eigenvalue weighted by atomic mass is 10.1. The highest BCUT2D eigenvalue weighted by molar-refractivity contribution is 5.86. The number of amides is 1. The van der Waals surface area contributed by atoms with Gasteiger partial charge in [-0.05, 0) is 25.0 Å². The van der Waals surface area contributed by atoms with Crippen molar-refractivity contribution in [3.8, 4) is 5.69 Å². The van der Waals surface area contributed by atoms with E-state index in [2.05, 4.69) is 15.5 Å². The molecule has 7 heteroatoms. The smallest absolute Gasteiger partial charge is 0.273 e. The summed E-state index contributed by atoms with van der Waals surface area (Å²) in [7, 11) is 0. The van der Waals surface area contributed by atoms with Crippen molar-refractivity contribution in [1.29, 1.82) is 0 Å². The summed E-state index contributed by atoms with van der Waals surface area (Å²) in [5.74, 6) is -0.133. The molecule has 2 aromatic heterocycles. The fourth-order valence-electron chi connectivity index (χ4n) is 3.15. The quantitative estimate of drug-likeness (QED) is 0.797. The van der Waals surface area contributed by atoms with Gasteiger partial charge < -0.3 is 0 Å². The molecule has 0 bridgehead atoms. The van der Waals surface area contributed by atoms with Crippen molar-refractivity contribution in [3.05, 3.63) is 53.2 Å². The van der Waals surface area contributed by atoms with Gasteiger partial charge in [-0.3, -0.25) is 15.0 Å². The Kier molecular flexibility index (Phi) is 3.60. The topological polar surface area (TPSA) is 81.8 Å². The molecule has 1 aromatic carbocycles. The molecular formula is C17H17N5O2. The first kappa shape index (κ1) is 14.6. The van der Waals surface area contributed by atoms with E-state index < -0.39 is 0 Å². The van der Waals surface area contributed by atoms with E-state index in [0.717, 1.165) is 36.0 Å². The summed E-state index contributed by atoms with van der Waals surface area (Å²) < 4.78 is 2.76. The van der Waals surface area contributed by atoms with E-state index in [-0.39, 0.29) is 17.4 Å². The number of carbonyl (C=O) groups excluding carboxylic acids is 1. The molecule has 0 aliphatic heterocycles. The van der Waals surface area contributed by atoms with Crippen LogP contribution in [0.5, 0.6) is 0 Å². The van der Waals surface area contributed by atoms with Gasteiger partial charge in [0.1, 0.15) is 11.7 Å². The first-order valence-electron chi connectivity index (χ1n) is 8.06. The van der Waals surface area contributed by atoms with Gasteiger partial charge in [-0.1, -0.05) is 31.0 Å². The van der Waals surface area contributed by atoms with Gasteiger partial charge in [0.2, 0.25) is 5.91 Å². The molecule has 3 aromatic rings. The molecule has 0 unspecified atom stereocenters. The fraction of sp³-hybridized carbons (Fsp3) is 0.294. The van der Waals surface area contributed by atoms with Crippen LogP contribution in [0.2, 0.25) is 0 Å². The van der Waals surface area contributed by atoms with Crippen LogP contribution < -0.4 is 11.0 Å². The Morgan fingerprint density at radius 2 is 1.92 bits per heavy atom. The molecule has 0 spiro atoms. The number of rotatable bonds is 3. The zero-order valence-electron chi connectivity index (χ0n) is 13.1. The van der Waals surface area contributed by atoms with Crippen LogP contribution in [0.1, 0.15) is 25.7 Å². The van der Waals surface area contributed by atoms with Gasteiger partial charge in [0.05, 0.1) is 11.9 Å². The average Bonchev–Trinajstić information content (AvgIpc) is 3.28. The highest BCUT2D eigenvalue weighted by atomic mass is 16.2. The van der Waals surface area contributed by atoms with E-state index in [1.807, 2.05) is 30.3 Å². The second-order valence-corrected chi connectivity index (χ2v) is 6.01. The predicted octanol–water partition coefficient (Wildman–Crippen LogP) is 1.84. The van der Waals surface area contributed by atoms with E-state index in [9.17, 15) is 9.59 Å². The lowest BCUT2D eigenvalue weighted by Gasteiger charge is -2.11. The number of para-hydroxylation sites is 1. The monoisotopic (exact) mass is 323 g/mol. The minimum atomic E-state index is -0.325. The highest BCUT2D eigenvalue weighted by Crippen LogP contribution is 2.24. The van der Waals surface area contributed by atoms with Crippen LogP contribution in [0, 0.1) is 5.92 Å². The zero-order chi connectivity index (χ0) is 16.5. The largest absolute Gasteiger partial charge is 0.283 e. The predicted molar refractivity (Wildman–Crippen MR) is 89.5 cm³/mol. The molecule has 0 saturated heterocycles. The molecule has 7 nitrogen and oxygen atoms in total. The van der Waals surface area contributed by atoms with Crippen molar-refractivity contribution in [2.24, 2.45) is 5.92 Å². The third-order valence-corrected chi connectivity index (χ3v) is 4.45. The van der Waals surface area contributed by atoms with Crippen LogP contribution in [0.25, 0.3) is 16.7 Å². The van der Waals surface area contributed by atoms with Gasteiger partial charge in [-0.15, -0.1) is 0 Å². The molecule has 1 amide bonds. The third-order valence-electron chi connectivity index (χ3n) is 4.45. The maximum Gasteiger partial charge on any atom is 0.283 e. The molecule has 0 atom stereocenters. The molecule has 1 aliphatic rings. The summed E-state index contributed by atoms with van der Waals surface area (Å²) in [6, 6.07) is 9.48. The second-order valence-electron chi connectivity index (χ2n) is 6.01. The van der Waals surface area contributed by atoms with E-state index in [1.165, 1.54) is 12.5 Å². The number of hydrogen-bond acceptors (Lipinski definition) is 4. The standard InChI is InChI=1S/C17H17N5O2/c23-16(12-6-4-5-7-12)20-21-11-18-15-14(17(21)24)10-19-22(15)13-8-2-1-3-9-13/h1-3,8-12H,4-7H2,(H,20,23). The van der Waals surface area contributed by atoms with Gasteiger partial charge >= 0.3 is 0 Å². The zero-order valence-corrected chi connectivity index (χ0v) is 13.1. The lowest BCUT2D eigenvalue weighted by molar-refractivity contribution is -0.120. The Labute approximate surface area is 137 Å². The van der Waals surface area contributed by atoms with Gasteiger partial charge in [0.15, 0.2) is 5.65 Å². The molecule has 24 heavy (non-hydrogen) atoms. The van der Waals surface area contributed by atoms with Crippen LogP contribution in [0.3, 0.4) is 0 Å². The molecule has 4 rings (SSSR count). The van der Waals surface area contributed by atoms with Gasteiger partial charge in [0, 0.05) is 5.92 Å². The molecular weight excluding hydrogens is 306 g/mol. The summed E-state index contributed by atoms with van der Waals surface area (Å²) >= 11 is 0. The SMILES string of the molecule is O=C(Nn1cnc2c(cnn2-c2ccccc2)c1=O)C1CCCC1. The Hall–Kier alpha value is -2.96. The number of benzene rings is 1. The van der Waals surface area contributed by atoms with E-state index in [0.29, 0.717) is 11.0 Å². The summed E-state index contributed by atoms with van der Waals surface area (Å²) in [5.41, 5.74) is 3.63. The minimum Gasteiger partial charge on any atom is -0.273 e. The normalized spacial score (nSPS) is 15.0. The molecule has 1 saturated carbocycles. The molecule has 122 valence electrons. The van der Waals surface area contributed by atoms with E-state index in [1.54, 1.807) is 4.68 Å². The Balaban J connectivity index is 1.69. The molecule has 1 N–H and O–H groups in total. The van der Waals surface area contributed by atoms with Crippen LogP contribution in [-0.4, -0.2) is 25.3 Å². The third kappa shape index (κ3) is 2.47. The number of hydrogen-bond donors (Lipinski definition) is 1. The van der Waals surface area contributed by atoms with Crippen LogP contribution in [-0.2, 0) is 4.79 Å². The Morgan fingerprint density at radius 3 is 2.67 bits per heavy atom. The lowest BCUT2D eigenvalue weighted by Crippen LogP contribution is -2.36. The molecule has 1 aliphatic carbocycles. The van der Waals surface area contributed by atoms with Crippen LogP contribution in [0.4, 0.5) is 0 Å². The molecule has 2 heterocycles. The van der Waals surface area contributed by atoms with Crippen molar-refractivity contribution in [2.75, 3.05) is 5.43 Å². The first-order chi connectivity index (χ1) is 11.7. The van der Waals surface area contributed by atoms with Crippen LogP contribution in [0.15, 0.2) is 47.7 Å². The minimum absolute atomic E-state index is 0.0142. The average molecular weight is 323 g/mol. The van der Waals surface area contributed by atoms with Gasteiger partial charge in [-0.25, -0.2) is 14.3 Å². The van der Waals surface area contributed by atoms with Crippen molar-refractivity contribution in [3.63, 3.8) is 0 Å². The van der Waals surface area contributed by atoms with Crippen molar-refractivity contribution in [1.82, 2.24) is 19.4 Å². The van der Waals surface area contributed by atoms with Gasteiger partial charge in [-0.2, -0.15) is 5.10 Å². The number of nitrogens with one attached hydrogen (secondary N) is 1. The number of fused-ring (bicyclic) bond motifs is 1. The summed E-state index contributed by atoms with van der Waals surface area (Å²) in [6.45, 7) is 0. The van der Waals surface area contributed by atoms with Crippen molar-refractivity contribution in [2.45, 2.75) is 25.7 Å². The molecule has 1 fully saturated rings. The maximum atomic E-state index is 12.6. The summed E-state index contributed by atoms with van der Waals surface area (Å²) in [4.78, 5) is 29.1. The summed E-state index contributed by atoms with van der Waals surface area (Å²) in [6.07, 6.45) is 6.71. The summed E-state index contributed by atoms with van der Waals surface area (Å²) in [5, 5.41) is 4.62. The number of aromatic nitrogens is 4. The number of nitrogens with zero attached hydrogens (tertiary/aromatic N) is 4. The first-order valence-corrected chi connectivity index (χ1v) is 8.06. The van der Waals surface area contributed by atoms with Gasteiger partial charge in [0.25, 0.3) is 5.56 Å². The van der Waals surface area contributed by atoms with E-state index in [4.69, 9.17) is 0 Å². The Morgan fingerprint density at radius 1 is 1.17 bits per heavy atom. The van der Waals surface area contributed by atoms with Crippen LogP contribution >= 0.6 is 0 Å². The fourth-order valence-corrected chi connectivity index (χ4v) is 3.15. The van der Waals surface area contributed by atoms with E-state index >= 15 is 0 Å². The van der Waals surface area contributed by atoms with Crippen molar-refractivity contribution < 1.29 is 4.79 Å². The van der Waals surface area contributed by atoms with Crippen molar-refractivity contribution >= 4 is 16.9 Å². The second kappa shape index (κ2) is 5.92. The maximum absolute atomic E-state index is 12.6.